The summed E-state index contributed by atoms with van der Waals surface area (Å²) in [6.45, 7) is 4.65. The molecule has 1 aromatic carbocycles. The monoisotopic (exact) mass is 386 g/mol. The second-order valence-electron chi connectivity index (χ2n) is 6.81. The molecular formula is C20H23ClN4O2. The lowest BCUT2D eigenvalue weighted by atomic mass is 10.0. The van der Waals surface area contributed by atoms with E-state index in [0.717, 1.165) is 12.0 Å². The molecule has 0 bridgehead atoms. The fraction of sp³-hybridized carbons (Fsp3) is 0.350. The number of nitrogens with one attached hydrogen (secondary N) is 1. The molecule has 1 N–H and O–H groups in total. The molecule has 0 aliphatic heterocycles. The van der Waals surface area contributed by atoms with Crippen LogP contribution >= 0.6 is 11.6 Å². The summed E-state index contributed by atoms with van der Waals surface area (Å²) in [6.07, 6.45) is 5.07. The van der Waals surface area contributed by atoms with E-state index in [-0.39, 0.29) is 11.9 Å². The summed E-state index contributed by atoms with van der Waals surface area (Å²) < 4.78 is 7.22. The molecule has 2 heterocycles. The highest BCUT2D eigenvalue weighted by atomic mass is 35.5. The SMILES string of the molecule is CC(C)C[C@@H](C(=O)NCCc1nc(-c2ccccc2Cl)no1)n1cccc1. The highest BCUT2D eigenvalue weighted by molar-refractivity contribution is 6.33. The molecule has 3 aromatic rings. The quantitative estimate of drug-likeness (QED) is 0.631. The van der Waals surface area contributed by atoms with Gasteiger partial charge >= 0.3 is 0 Å². The first-order valence-corrected chi connectivity index (χ1v) is 9.40. The number of hydrogen-bond acceptors (Lipinski definition) is 4. The Kier molecular flexibility index (Phi) is 6.29. The molecule has 2 aromatic heterocycles. The van der Waals surface area contributed by atoms with Gasteiger partial charge in [0.1, 0.15) is 6.04 Å². The van der Waals surface area contributed by atoms with Gasteiger partial charge in [-0.3, -0.25) is 4.79 Å². The third-order valence-electron chi connectivity index (χ3n) is 4.21. The smallest absolute Gasteiger partial charge is 0.243 e. The molecule has 0 aliphatic rings. The standard InChI is InChI=1S/C20H23ClN4O2/c1-14(2)13-17(25-11-5-6-12-25)20(26)22-10-9-18-23-19(24-27-18)15-7-3-4-8-16(15)21/h3-8,11-12,14,17H,9-10,13H2,1-2H3,(H,22,26)/t17-/m0/s1. The van der Waals surface area contributed by atoms with Gasteiger partial charge in [0.15, 0.2) is 0 Å². The average molecular weight is 387 g/mol. The van der Waals surface area contributed by atoms with Crippen molar-refractivity contribution in [1.82, 2.24) is 20.0 Å². The van der Waals surface area contributed by atoms with Gasteiger partial charge in [0.05, 0.1) is 5.02 Å². The summed E-state index contributed by atoms with van der Waals surface area (Å²) in [5.74, 6) is 1.32. The molecule has 0 radical (unpaired) electrons. The molecule has 6 nitrogen and oxygen atoms in total. The fourth-order valence-corrected chi connectivity index (χ4v) is 3.11. The molecule has 142 valence electrons. The van der Waals surface area contributed by atoms with E-state index in [4.69, 9.17) is 16.1 Å². The van der Waals surface area contributed by atoms with Gasteiger partial charge in [-0.1, -0.05) is 42.7 Å². The Hall–Kier alpha value is -2.60. The molecule has 0 aliphatic carbocycles. The Morgan fingerprint density at radius 1 is 1.22 bits per heavy atom. The first-order chi connectivity index (χ1) is 13.0. The van der Waals surface area contributed by atoms with Crippen molar-refractivity contribution >= 4 is 17.5 Å². The van der Waals surface area contributed by atoms with Crippen LogP contribution in [0.2, 0.25) is 5.02 Å². The molecule has 7 heteroatoms. The fourth-order valence-electron chi connectivity index (χ4n) is 2.89. The van der Waals surface area contributed by atoms with E-state index < -0.39 is 0 Å². The second-order valence-corrected chi connectivity index (χ2v) is 7.22. The number of hydrogen-bond donors (Lipinski definition) is 1. The molecule has 27 heavy (non-hydrogen) atoms. The first-order valence-electron chi connectivity index (χ1n) is 9.02. The predicted octanol–water partition coefficient (Wildman–Crippen LogP) is 4.14. The van der Waals surface area contributed by atoms with Crippen LogP contribution in [0.1, 0.15) is 32.2 Å². The highest BCUT2D eigenvalue weighted by Gasteiger charge is 2.21. The van der Waals surface area contributed by atoms with Gasteiger partial charge in [0.25, 0.3) is 0 Å². The largest absolute Gasteiger partial charge is 0.354 e. The first kappa shape index (κ1) is 19.2. The third kappa shape index (κ3) is 4.98. The topological polar surface area (TPSA) is 73.0 Å². The van der Waals surface area contributed by atoms with Crippen molar-refractivity contribution in [2.24, 2.45) is 5.92 Å². The van der Waals surface area contributed by atoms with E-state index in [0.29, 0.717) is 35.6 Å². The maximum atomic E-state index is 12.6. The van der Waals surface area contributed by atoms with E-state index in [1.165, 1.54) is 0 Å². The zero-order valence-corrected chi connectivity index (χ0v) is 16.2. The lowest BCUT2D eigenvalue weighted by Gasteiger charge is -2.20. The Balaban J connectivity index is 1.58. The van der Waals surface area contributed by atoms with Crippen LogP contribution in [0.15, 0.2) is 53.3 Å². The van der Waals surface area contributed by atoms with Gasteiger partial charge in [-0.25, -0.2) is 0 Å². The van der Waals surface area contributed by atoms with Crippen molar-refractivity contribution in [3.8, 4) is 11.4 Å². The Labute approximate surface area is 163 Å². The zero-order chi connectivity index (χ0) is 19.2. The number of carbonyl (C=O) groups excluding carboxylic acids is 1. The van der Waals surface area contributed by atoms with Gasteiger partial charge < -0.3 is 14.4 Å². The molecule has 1 amide bonds. The van der Waals surface area contributed by atoms with Crippen LogP contribution in [0.25, 0.3) is 11.4 Å². The molecule has 0 saturated carbocycles. The van der Waals surface area contributed by atoms with Crippen LogP contribution in [0.5, 0.6) is 0 Å². The summed E-state index contributed by atoms with van der Waals surface area (Å²) in [7, 11) is 0. The minimum absolute atomic E-state index is 0.00857. The number of carbonyl (C=O) groups is 1. The summed E-state index contributed by atoms with van der Waals surface area (Å²) in [5, 5.41) is 7.52. The van der Waals surface area contributed by atoms with Crippen molar-refractivity contribution in [3.63, 3.8) is 0 Å². The van der Waals surface area contributed by atoms with Crippen LogP contribution in [-0.4, -0.2) is 27.2 Å². The Bertz CT molecular complexity index is 874. The molecule has 1 atom stereocenters. The van der Waals surface area contributed by atoms with Gasteiger partial charge in [-0.05, 0) is 36.6 Å². The minimum Gasteiger partial charge on any atom is -0.354 e. The van der Waals surface area contributed by atoms with Gasteiger partial charge in [-0.2, -0.15) is 4.98 Å². The van der Waals surface area contributed by atoms with Crippen LogP contribution in [0.3, 0.4) is 0 Å². The third-order valence-corrected chi connectivity index (χ3v) is 4.54. The van der Waals surface area contributed by atoms with E-state index in [9.17, 15) is 4.79 Å². The number of rotatable bonds is 8. The number of amides is 1. The second kappa shape index (κ2) is 8.86. The van der Waals surface area contributed by atoms with E-state index in [1.54, 1.807) is 6.07 Å². The maximum absolute atomic E-state index is 12.6. The van der Waals surface area contributed by atoms with E-state index in [1.807, 2.05) is 47.3 Å². The van der Waals surface area contributed by atoms with Gasteiger partial charge in [0, 0.05) is 30.9 Å². The normalized spacial score (nSPS) is 12.3. The molecular weight excluding hydrogens is 364 g/mol. The lowest BCUT2D eigenvalue weighted by molar-refractivity contribution is -0.124. The average Bonchev–Trinajstić information content (AvgIpc) is 3.32. The van der Waals surface area contributed by atoms with E-state index >= 15 is 0 Å². The van der Waals surface area contributed by atoms with E-state index in [2.05, 4.69) is 29.3 Å². The number of aromatic nitrogens is 3. The molecule has 0 fully saturated rings. The number of halogens is 1. The van der Waals surface area contributed by atoms with Crippen molar-refractivity contribution in [3.05, 3.63) is 59.7 Å². The lowest BCUT2D eigenvalue weighted by Crippen LogP contribution is -2.34. The van der Waals surface area contributed by atoms with Crippen LogP contribution in [-0.2, 0) is 11.2 Å². The number of benzene rings is 1. The summed E-state index contributed by atoms with van der Waals surface area (Å²) in [4.78, 5) is 17.0. The van der Waals surface area contributed by atoms with Crippen molar-refractivity contribution < 1.29 is 9.32 Å². The van der Waals surface area contributed by atoms with Gasteiger partial charge in [0.2, 0.25) is 17.6 Å². The highest BCUT2D eigenvalue weighted by Crippen LogP contribution is 2.25. The van der Waals surface area contributed by atoms with Crippen molar-refractivity contribution in [1.29, 1.82) is 0 Å². The Morgan fingerprint density at radius 2 is 1.96 bits per heavy atom. The van der Waals surface area contributed by atoms with Crippen LogP contribution < -0.4 is 5.32 Å². The van der Waals surface area contributed by atoms with Crippen molar-refractivity contribution in [2.75, 3.05) is 6.54 Å². The molecule has 0 unspecified atom stereocenters. The summed E-state index contributed by atoms with van der Waals surface area (Å²) >= 11 is 6.16. The predicted molar refractivity (Wildman–Crippen MR) is 104 cm³/mol. The molecule has 3 rings (SSSR count). The zero-order valence-electron chi connectivity index (χ0n) is 15.4. The minimum atomic E-state index is -0.221. The van der Waals surface area contributed by atoms with Gasteiger partial charge in [-0.15, -0.1) is 0 Å². The van der Waals surface area contributed by atoms with Crippen molar-refractivity contribution in [2.45, 2.75) is 32.7 Å². The Morgan fingerprint density at radius 3 is 2.67 bits per heavy atom. The summed E-state index contributed by atoms with van der Waals surface area (Å²) in [5.41, 5.74) is 0.725. The summed E-state index contributed by atoms with van der Waals surface area (Å²) in [6, 6.07) is 11.0. The number of nitrogens with zero attached hydrogens (tertiary/aromatic N) is 3. The molecule has 0 spiro atoms. The van der Waals surface area contributed by atoms with Crippen LogP contribution in [0, 0.1) is 5.92 Å². The molecule has 0 saturated heterocycles. The van der Waals surface area contributed by atoms with Crippen LogP contribution in [0.4, 0.5) is 0 Å². The maximum Gasteiger partial charge on any atom is 0.243 e.